The molecule has 0 amide bonds. The molecule has 2 nitrogen and oxygen atoms in total. The van der Waals surface area contributed by atoms with Crippen LogP contribution in [0.25, 0.3) is 0 Å². The molecule has 1 saturated carbocycles. The third-order valence-electron chi connectivity index (χ3n) is 4.71. The zero-order chi connectivity index (χ0) is 11.6. The molecule has 0 radical (unpaired) electrons. The van der Waals surface area contributed by atoms with Gasteiger partial charge in [0.05, 0.1) is 0 Å². The summed E-state index contributed by atoms with van der Waals surface area (Å²) < 4.78 is 0. The maximum Gasteiger partial charge on any atom is 0.0117 e. The van der Waals surface area contributed by atoms with Crippen LogP contribution in [-0.2, 0) is 0 Å². The van der Waals surface area contributed by atoms with E-state index in [0.29, 0.717) is 5.41 Å². The van der Waals surface area contributed by atoms with Crippen LogP contribution in [0.2, 0.25) is 0 Å². The Morgan fingerprint density at radius 2 is 2.00 bits per heavy atom. The Bertz CT molecular complexity index is 221. The molecule has 1 saturated heterocycles. The van der Waals surface area contributed by atoms with Crippen LogP contribution in [0.5, 0.6) is 0 Å². The molecular formula is C14H28N2. The third-order valence-corrected chi connectivity index (χ3v) is 4.71. The molecule has 1 aliphatic carbocycles. The zero-order valence-corrected chi connectivity index (χ0v) is 11.3. The number of nitrogens with one attached hydrogen (secondary N) is 1. The fourth-order valence-corrected chi connectivity index (χ4v) is 3.44. The van der Waals surface area contributed by atoms with Crippen LogP contribution >= 0.6 is 0 Å². The Kier molecular flexibility index (Phi) is 3.91. The predicted octanol–water partition coefficient (Wildman–Crippen LogP) is 2.50. The van der Waals surface area contributed by atoms with Gasteiger partial charge in [-0.3, -0.25) is 0 Å². The molecule has 2 rings (SSSR count). The number of piperidine rings is 1. The van der Waals surface area contributed by atoms with E-state index < -0.39 is 0 Å². The molecule has 0 spiro atoms. The third kappa shape index (κ3) is 2.98. The standard InChI is InChI=1S/C14H28N2/c1-12-10-16(3)9-6-13(12)15-11-14(2)7-4-5-8-14/h12-13,15H,4-11H2,1-3H3. The second-order valence-electron chi connectivity index (χ2n) is 6.53. The molecule has 2 heteroatoms. The van der Waals surface area contributed by atoms with Gasteiger partial charge in [-0.2, -0.15) is 0 Å². The van der Waals surface area contributed by atoms with Crippen LogP contribution in [0, 0.1) is 11.3 Å². The van der Waals surface area contributed by atoms with E-state index in [9.17, 15) is 0 Å². The molecule has 0 aromatic heterocycles. The summed E-state index contributed by atoms with van der Waals surface area (Å²) in [7, 11) is 2.24. The Hall–Kier alpha value is -0.0800. The van der Waals surface area contributed by atoms with Gasteiger partial charge in [-0.1, -0.05) is 26.7 Å². The lowest BCUT2D eigenvalue weighted by Gasteiger charge is -2.37. The van der Waals surface area contributed by atoms with E-state index in [1.54, 1.807) is 0 Å². The molecule has 0 aromatic carbocycles. The van der Waals surface area contributed by atoms with Crippen LogP contribution in [0.4, 0.5) is 0 Å². The SMILES string of the molecule is CC1CN(C)CCC1NCC1(C)CCCC1. The van der Waals surface area contributed by atoms with Gasteiger partial charge in [-0.15, -0.1) is 0 Å². The predicted molar refractivity (Wildman–Crippen MR) is 69.6 cm³/mol. The van der Waals surface area contributed by atoms with Crippen molar-refractivity contribution in [2.45, 2.75) is 52.0 Å². The average Bonchev–Trinajstić information content (AvgIpc) is 2.64. The van der Waals surface area contributed by atoms with Crippen LogP contribution in [0.3, 0.4) is 0 Å². The summed E-state index contributed by atoms with van der Waals surface area (Å²) in [6.07, 6.45) is 7.08. The number of rotatable bonds is 3. The Morgan fingerprint density at radius 1 is 1.31 bits per heavy atom. The molecule has 2 aliphatic rings. The fraction of sp³-hybridized carbons (Fsp3) is 1.00. The smallest absolute Gasteiger partial charge is 0.0117 e. The van der Waals surface area contributed by atoms with Crippen molar-refractivity contribution in [3.05, 3.63) is 0 Å². The minimum absolute atomic E-state index is 0.600. The van der Waals surface area contributed by atoms with Gasteiger partial charge in [-0.25, -0.2) is 0 Å². The molecule has 2 fully saturated rings. The van der Waals surface area contributed by atoms with Gasteiger partial charge in [0.2, 0.25) is 0 Å². The minimum Gasteiger partial charge on any atom is -0.313 e. The van der Waals surface area contributed by atoms with E-state index in [1.807, 2.05) is 0 Å². The van der Waals surface area contributed by atoms with Gasteiger partial charge in [0.25, 0.3) is 0 Å². The molecule has 1 heterocycles. The summed E-state index contributed by atoms with van der Waals surface area (Å²) in [4.78, 5) is 2.46. The molecule has 1 N–H and O–H groups in total. The highest BCUT2D eigenvalue weighted by molar-refractivity contribution is 4.87. The number of hydrogen-bond acceptors (Lipinski definition) is 2. The number of likely N-dealkylation sites (tertiary alicyclic amines) is 1. The second-order valence-corrected chi connectivity index (χ2v) is 6.53. The van der Waals surface area contributed by atoms with Crippen molar-refractivity contribution in [2.75, 3.05) is 26.7 Å². The summed E-state index contributed by atoms with van der Waals surface area (Å²) in [6, 6.07) is 0.758. The second kappa shape index (κ2) is 5.05. The van der Waals surface area contributed by atoms with Crippen molar-refractivity contribution in [3.8, 4) is 0 Å². The quantitative estimate of drug-likeness (QED) is 0.792. The lowest BCUT2D eigenvalue weighted by atomic mass is 9.87. The molecule has 2 unspecified atom stereocenters. The highest BCUT2D eigenvalue weighted by Gasteiger charge is 2.31. The number of nitrogens with zero attached hydrogens (tertiary/aromatic N) is 1. The normalized spacial score (nSPS) is 35.4. The van der Waals surface area contributed by atoms with Crippen molar-refractivity contribution in [3.63, 3.8) is 0 Å². The topological polar surface area (TPSA) is 15.3 Å². The maximum absolute atomic E-state index is 3.85. The average molecular weight is 224 g/mol. The maximum atomic E-state index is 3.85. The van der Waals surface area contributed by atoms with Crippen molar-refractivity contribution < 1.29 is 0 Å². The van der Waals surface area contributed by atoms with Gasteiger partial charge in [-0.05, 0) is 44.2 Å². The summed E-state index contributed by atoms with van der Waals surface area (Å²) in [5.74, 6) is 0.809. The molecule has 0 aromatic rings. The fourth-order valence-electron chi connectivity index (χ4n) is 3.44. The summed E-state index contributed by atoms with van der Waals surface area (Å²) in [5.41, 5.74) is 0.600. The summed E-state index contributed by atoms with van der Waals surface area (Å²) in [6.45, 7) is 8.62. The molecule has 0 bridgehead atoms. The van der Waals surface area contributed by atoms with Crippen molar-refractivity contribution in [2.24, 2.45) is 11.3 Å². The zero-order valence-electron chi connectivity index (χ0n) is 11.3. The largest absolute Gasteiger partial charge is 0.313 e. The van der Waals surface area contributed by atoms with E-state index in [-0.39, 0.29) is 0 Å². The summed E-state index contributed by atoms with van der Waals surface area (Å²) >= 11 is 0. The molecular weight excluding hydrogens is 196 g/mol. The van der Waals surface area contributed by atoms with E-state index >= 15 is 0 Å². The monoisotopic (exact) mass is 224 g/mol. The first-order valence-corrected chi connectivity index (χ1v) is 7.01. The Balaban J connectivity index is 1.77. The first kappa shape index (κ1) is 12.4. The van der Waals surface area contributed by atoms with Gasteiger partial charge in [0.1, 0.15) is 0 Å². The highest BCUT2D eigenvalue weighted by Crippen LogP contribution is 2.37. The molecule has 2 atom stereocenters. The van der Waals surface area contributed by atoms with Crippen molar-refractivity contribution >= 4 is 0 Å². The Labute approximate surface area is 101 Å². The van der Waals surface area contributed by atoms with Gasteiger partial charge < -0.3 is 10.2 Å². The Morgan fingerprint density at radius 3 is 2.62 bits per heavy atom. The summed E-state index contributed by atoms with van der Waals surface area (Å²) in [5, 5.41) is 3.85. The van der Waals surface area contributed by atoms with E-state index in [0.717, 1.165) is 12.0 Å². The van der Waals surface area contributed by atoms with Crippen molar-refractivity contribution in [1.82, 2.24) is 10.2 Å². The lowest BCUT2D eigenvalue weighted by molar-refractivity contribution is 0.161. The molecule has 94 valence electrons. The lowest BCUT2D eigenvalue weighted by Crippen LogP contribution is -2.49. The van der Waals surface area contributed by atoms with E-state index in [4.69, 9.17) is 0 Å². The molecule has 1 aliphatic heterocycles. The first-order valence-electron chi connectivity index (χ1n) is 7.01. The van der Waals surface area contributed by atoms with Crippen LogP contribution in [0.1, 0.15) is 46.0 Å². The minimum atomic E-state index is 0.600. The van der Waals surface area contributed by atoms with Crippen LogP contribution in [0.15, 0.2) is 0 Å². The van der Waals surface area contributed by atoms with E-state index in [1.165, 1.54) is 51.7 Å². The highest BCUT2D eigenvalue weighted by atomic mass is 15.1. The number of hydrogen-bond donors (Lipinski definition) is 1. The van der Waals surface area contributed by atoms with Crippen molar-refractivity contribution in [1.29, 1.82) is 0 Å². The van der Waals surface area contributed by atoms with Gasteiger partial charge in [0, 0.05) is 19.1 Å². The van der Waals surface area contributed by atoms with Crippen LogP contribution < -0.4 is 5.32 Å². The van der Waals surface area contributed by atoms with Gasteiger partial charge in [0.15, 0.2) is 0 Å². The molecule has 16 heavy (non-hydrogen) atoms. The van der Waals surface area contributed by atoms with Gasteiger partial charge >= 0.3 is 0 Å². The van der Waals surface area contributed by atoms with E-state index in [2.05, 4.69) is 31.1 Å². The first-order chi connectivity index (χ1) is 7.59. The van der Waals surface area contributed by atoms with Crippen LogP contribution in [-0.4, -0.2) is 37.6 Å².